The van der Waals surface area contributed by atoms with Gasteiger partial charge in [-0.2, -0.15) is 0 Å². The summed E-state index contributed by atoms with van der Waals surface area (Å²) in [6.45, 7) is 1.86. The van der Waals surface area contributed by atoms with Crippen molar-refractivity contribution in [2.24, 2.45) is 0 Å². The number of hydrogen-bond acceptors (Lipinski definition) is 1. The predicted molar refractivity (Wildman–Crippen MR) is 84.0 cm³/mol. The third-order valence-electron chi connectivity index (χ3n) is 2.73. The van der Waals surface area contributed by atoms with Gasteiger partial charge in [-0.3, -0.25) is 4.79 Å². The number of rotatable bonds is 5. The van der Waals surface area contributed by atoms with Crippen LogP contribution in [0.2, 0.25) is 0 Å². The van der Waals surface area contributed by atoms with Crippen LogP contribution in [-0.4, -0.2) is 10.9 Å². The Hall–Kier alpha value is -1.17. The van der Waals surface area contributed by atoms with Crippen LogP contribution in [0.3, 0.4) is 0 Å². The predicted octanol–water partition coefficient (Wildman–Crippen LogP) is 3.66. The molecule has 1 atom stereocenters. The van der Waals surface area contributed by atoms with Crippen molar-refractivity contribution in [1.82, 2.24) is 0 Å². The van der Waals surface area contributed by atoms with E-state index < -0.39 is 7.92 Å². The quantitative estimate of drug-likeness (QED) is 0.607. The maximum absolute atomic E-state index is 12.5. The second kappa shape index (κ2) is 6.84. The zero-order valence-corrected chi connectivity index (χ0v) is 12.4. The maximum Gasteiger partial charge on any atom is 0.164 e. The van der Waals surface area contributed by atoms with Gasteiger partial charge in [0, 0.05) is 19.7 Å². The minimum atomic E-state index is -0.968. The fourth-order valence-electron chi connectivity index (χ4n) is 1.92. The lowest BCUT2D eigenvalue weighted by molar-refractivity contribution is -0.111. The van der Waals surface area contributed by atoms with Gasteiger partial charge in [0.2, 0.25) is 0 Å². The lowest BCUT2D eigenvalue weighted by Crippen LogP contribution is -2.19. The molecule has 0 aliphatic rings. The Morgan fingerprint density at radius 1 is 1.00 bits per heavy atom. The van der Waals surface area contributed by atoms with E-state index in [1.165, 1.54) is 0 Å². The third-order valence-corrected chi connectivity index (χ3v) is 5.20. The molecule has 2 aromatic carbocycles. The highest BCUT2D eigenvalue weighted by molar-refractivity contribution is 7.87. The fourth-order valence-corrected chi connectivity index (χ4v) is 4.44. The molecule has 19 heavy (non-hydrogen) atoms. The normalized spacial score (nSPS) is 12.4. The fraction of sp³-hybridized carbons (Fsp3) is 0.188. The highest BCUT2D eigenvalue weighted by Crippen LogP contribution is 2.36. The Bertz CT molecular complexity index is 485. The Morgan fingerprint density at radius 3 is 1.79 bits per heavy atom. The van der Waals surface area contributed by atoms with Gasteiger partial charge in [0.15, 0.2) is 5.52 Å². The molecule has 3 heteroatoms. The molecular formula is C16H16ClOP. The van der Waals surface area contributed by atoms with Gasteiger partial charge in [0.25, 0.3) is 0 Å². The molecule has 1 nitrogen and oxygen atoms in total. The van der Waals surface area contributed by atoms with E-state index in [1.54, 1.807) is 0 Å². The number of halogens is 1. The van der Waals surface area contributed by atoms with Crippen molar-refractivity contribution in [3.05, 3.63) is 60.7 Å². The summed E-state index contributed by atoms with van der Waals surface area (Å²) in [4.78, 5) is 12.5. The Kier molecular flexibility index (Phi) is 5.13. The second-order valence-electron chi connectivity index (χ2n) is 4.39. The molecule has 0 N–H and O–H groups in total. The molecule has 0 spiro atoms. The Morgan fingerprint density at radius 2 is 1.42 bits per heavy atom. The molecule has 0 fully saturated rings. The average molecular weight is 291 g/mol. The van der Waals surface area contributed by atoms with Crippen LogP contribution in [0.1, 0.15) is 13.3 Å². The summed E-state index contributed by atoms with van der Waals surface area (Å²) in [5.41, 5.74) is 0.231. The molecule has 0 radical (unpaired) electrons. The zero-order chi connectivity index (χ0) is 13.7. The molecular weight excluding hydrogens is 275 g/mol. The summed E-state index contributed by atoms with van der Waals surface area (Å²) in [5.74, 6) is 0. The van der Waals surface area contributed by atoms with E-state index in [0.29, 0.717) is 6.42 Å². The van der Waals surface area contributed by atoms with E-state index >= 15 is 0 Å². The van der Waals surface area contributed by atoms with Crippen molar-refractivity contribution < 1.29 is 4.79 Å². The Balaban J connectivity index is 2.37. The van der Waals surface area contributed by atoms with Crippen LogP contribution in [0.5, 0.6) is 0 Å². The highest BCUT2D eigenvalue weighted by atomic mass is 35.5. The number of hydrogen-bond donors (Lipinski definition) is 0. The molecule has 0 bridgehead atoms. The lowest BCUT2D eigenvalue weighted by Gasteiger charge is -2.17. The summed E-state index contributed by atoms with van der Waals surface area (Å²) < 4.78 is 0. The monoisotopic (exact) mass is 290 g/mol. The van der Waals surface area contributed by atoms with Crippen LogP contribution in [0, 0.1) is 0 Å². The molecule has 1 unspecified atom stereocenters. The SMILES string of the molecule is CC(Cl)CC(=O)P(c1ccccc1)c1ccccc1. The van der Waals surface area contributed by atoms with Crippen LogP contribution >= 0.6 is 19.5 Å². The minimum absolute atomic E-state index is 0.120. The van der Waals surface area contributed by atoms with Crippen molar-refractivity contribution in [2.75, 3.05) is 0 Å². The number of alkyl halides is 1. The molecule has 0 saturated heterocycles. The molecule has 0 aliphatic heterocycles. The van der Waals surface area contributed by atoms with Gasteiger partial charge in [-0.1, -0.05) is 60.7 Å². The third kappa shape index (κ3) is 3.89. The summed E-state index contributed by atoms with van der Waals surface area (Å²) in [7, 11) is -0.968. The van der Waals surface area contributed by atoms with E-state index in [1.807, 2.05) is 67.6 Å². The first-order valence-corrected chi connectivity index (χ1v) is 8.03. The van der Waals surface area contributed by atoms with E-state index in [2.05, 4.69) is 0 Å². The van der Waals surface area contributed by atoms with Crippen molar-refractivity contribution in [1.29, 1.82) is 0 Å². The molecule has 0 amide bonds. The summed E-state index contributed by atoms with van der Waals surface area (Å²) in [6.07, 6.45) is 0.414. The van der Waals surface area contributed by atoms with Crippen LogP contribution in [0.25, 0.3) is 0 Å². The smallest absolute Gasteiger partial charge is 0.164 e. The molecule has 0 aliphatic carbocycles. The van der Waals surface area contributed by atoms with Gasteiger partial charge in [0.05, 0.1) is 0 Å². The van der Waals surface area contributed by atoms with Crippen molar-refractivity contribution in [3.63, 3.8) is 0 Å². The maximum atomic E-state index is 12.5. The molecule has 0 saturated carbocycles. The molecule has 0 heterocycles. The minimum Gasteiger partial charge on any atom is -0.294 e. The van der Waals surface area contributed by atoms with Crippen molar-refractivity contribution in [3.8, 4) is 0 Å². The van der Waals surface area contributed by atoms with Gasteiger partial charge in [-0.05, 0) is 17.5 Å². The van der Waals surface area contributed by atoms with Crippen LogP contribution in [0.4, 0.5) is 0 Å². The summed E-state index contributed by atoms with van der Waals surface area (Å²) in [5, 5.41) is 2.06. The zero-order valence-electron chi connectivity index (χ0n) is 10.8. The van der Waals surface area contributed by atoms with Gasteiger partial charge >= 0.3 is 0 Å². The van der Waals surface area contributed by atoms with E-state index in [-0.39, 0.29) is 10.9 Å². The molecule has 2 aromatic rings. The first kappa shape index (κ1) is 14.2. The average Bonchev–Trinajstić information content (AvgIpc) is 2.40. The van der Waals surface area contributed by atoms with Crippen molar-refractivity contribution >= 4 is 35.7 Å². The van der Waals surface area contributed by atoms with Crippen molar-refractivity contribution in [2.45, 2.75) is 18.7 Å². The van der Waals surface area contributed by atoms with E-state index in [9.17, 15) is 4.79 Å². The van der Waals surface area contributed by atoms with E-state index in [4.69, 9.17) is 11.6 Å². The lowest BCUT2D eigenvalue weighted by atomic mass is 10.3. The number of carbonyl (C=O) groups is 1. The van der Waals surface area contributed by atoms with Crippen LogP contribution in [-0.2, 0) is 4.79 Å². The van der Waals surface area contributed by atoms with Gasteiger partial charge in [-0.15, -0.1) is 11.6 Å². The van der Waals surface area contributed by atoms with Crippen LogP contribution < -0.4 is 10.6 Å². The van der Waals surface area contributed by atoms with E-state index in [0.717, 1.165) is 10.6 Å². The topological polar surface area (TPSA) is 17.1 Å². The molecule has 2 rings (SSSR count). The number of carbonyl (C=O) groups excluding carboxylic acids is 1. The Labute approximate surface area is 120 Å². The summed E-state index contributed by atoms with van der Waals surface area (Å²) >= 11 is 5.98. The second-order valence-corrected chi connectivity index (χ2v) is 7.33. The largest absolute Gasteiger partial charge is 0.294 e. The molecule has 0 aromatic heterocycles. The number of benzene rings is 2. The first-order valence-electron chi connectivity index (χ1n) is 6.25. The first-order chi connectivity index (χ1) is 9.18. The summed E-state index contributed by atoms with van der Waals surface area (Å²) in [6, 6.07) is 19.9. The van der Waals surface area contributed by atoms with Gasteiger partial charge < -0.3 is 0 Å². The highest BCUT2D eigenvalue weighted by Gasteiger charge is 2.22. The van der Waals surface area contributed by atoms with Gasteiger partial charge in [-0.25, -0.2) is 0 Å². The molecule has 98 valence electrons. The van der Waals surface area contributed by atoms with Crippen LogP contribution in [0.15, 0.2) is 60.7 Å². The van der Waals surface area contributed by atoms with Gasteiger partial charge in [0.1, 0.15) is 0 Å². The standard InChI is InChI=1S/C16H16ClOP/c1-13(17)12-16(18)19(14-8-4-2-5-9-14)15-10-6-3-7-11-15/h2-11,13H,12H2,1H3.